The van der Waals surface area contributed by atoms with Crippen LogP contribution in [-0.4, -0.2) is 23.8 Å². The van der Waals surface area contributed by atoms with E-state index in [1.807, 2.05) is 42.5 Å². The topological polar surface area (TPSA) is 46.5 Å². The zero-order valence-corrected chi connectivity index (χ0v) is 12.9. The molecule has 0 bridgehead atoms. The van der Waals surface area contributed by atoms with Crippen LogP contribution < -0.4 is 0 Å². The zero-order valence-electron chi connectivity index (χ0n) is 12.9. The molecule has 3 nitrogen and oxygen atoms in total. The highest BCUT2D eigenvalue weighted by Gasteiger charge is 2.49. The number of rotatable bonds is 3. The first-order chi connectivity index (χ1) is 10.7. The molecule has 116 valence electrons. The molecular formula is C19H22O3. The normalized spacial score (nSPS) is 25.1. The molecule has 0 saturated heterocycles. The number of esters is 1. The van der Waals surface area contributed by atoms with Gasteiger partial charge in [0.15, 0.2) is 0 Å². The summed E-state index contributed by atoms with van der Waals surface area (Å²) in [7, 11) is 0. The fourth-order valence-electron chi connectivity index (χ4n) is 3.57. The fourth-order valence-corrected chi connectivity index (χ4v) is 3.57. The van der Waals surface area contributed by atoms with E-state index in [0.717, 1.165) is 29.2 Å². The molecule has 0 spiro atoms. The average Bonchev–Trinajstić information content (AvgIpc) is 2.55. The number of aliphatic hydroxyl groups excluding tert-OH is 1. The lowest BCUT2D eigenvalue weighted by Crippen LogP contribution is -2.49. The average molecular weight is 298 g/mol. The van der Waals surface area contributed by atoms with Crippen LogP contribution >= 0.6 is 0 Å². The first-order valence-electron chi connectivity index (χ1n) is 8.03. The third kappa shape index (κ3) is 2.40. The zero-order chi connectivity index (χ0) is 15.6. The quantitative estimate of drug-likeness (QED) is 0.881. The Morgan fingerprint density at radius 2 is 2.00 bits per heavy atom. The molecule has 1 aliphatic rings. The SMILES string of the molecule is CCOC(=O)C1(c2ccc3ccccc3c2)CCCCC1O. The van der Waals surface area contributed by atoms with Gasteiger partial charge in [-0.3, -0.25) is 4.79 Å². The molecule has 1 saturated carbocycles. The Bertz CT molecular complexity index is 679. The highest BCUT2D eigenvalue weighted by Crippen LogP contribution is 2.41. The first kappa shape index (κ1) is 15.0. The van der Waals surface area contributed by atoms with E-state index in [9.17, 15) is 9.90 Å². The molecule has 1 N–H and O–H groups in total. The van der Waals surface area contributed by atoms with Crippen molar-refractivity contribution in [3.05, 3.63) is 48.0 Å². The third-order valence-electron chi connectivity index (χ3n) is 4.77. The summed E-state index contributed by atoms with van der Waals surface area (Å²) in [5.41, 5.74) is -0.0463. The Balaban J connectivity index is 2.12. The van der Waals surface area contributed by atoms with Crippen LogP contribution in [0.1, 0.15) is 38.2 Å². The second kappa shape index (κ2) is 6.09. The molecule has 3 rings (SSSR count). The molecule has 1 fully saturated rings. The third-order valence-corrected chi connectivity index (χ3v) is 4.77. The molecule has 0 aromatic heterocycles. The number of fused-ring (bicyclic) bond motifs is 1. The summed E-state index contributed by atoms with van der Waals surface area (Å²) in [5, 5.41) is 12.9. The predicted molar refractivity (Wildman–Crippen MR) is 86.7 cm³/mol. The fraction of sp³-hybridized carbons (Fsp3) is 0.421. The minimum Gasteiger partial charge on any atom is -0.465 e. The van der Waals surface area contributed by atoms with Crippen molar-refractivity contribution in [2.24, 2.45) is 0 Å². The Morgan fingerprint density at radius 3 is 2.73 bits per heavy atom. The van der Waals surface area contributed by atoms with Crippen LogP contribution in [0.4, 0.5) is 0 Å². The van der Waals surface area contributed by atoms with Gasteiger partial charge < -0.3 is 9.84 Å². The highest BCUT2D eigenvalue weighted by atomic mass is 16.5. The van der Waals surface area contributed by atoms with Crippen LogP contribution in [0, 0.1) is 0 Å². The first-order valence-corrected chi connectivity index (χ1v) is 8.03. The lowest BCUT2D eigenvalue weighted by atomic mass is 9.67. The van der Waals surface area contributed by atoms with E-state index in [-0.39, 0.29) is 5.97 Å². The molecule has 2 unspecified atom stereocenters. The summed E-state index contributed by atoms with van der Waals surface area (Å²) >= 11 is 0. The second-order valence-corrected chi connectivity index (χ2v) is 6.02. The monoisotopic (exact) mass is 298 g/mol. The van der Waals surface area contributed by atoms with Crippen molar-refractivity contribution >= 4 is 16.7 Å². The van der Waals surface area contributed by atoms with Gasteiger partial charge in [0.2, 0.25) is 0 Å². The van der Waals surface area contributed by atoms with Crippen LogP contribution in [0.3, 0.4) is 0 Å². The summed E-state index contributed by atoms with van der Waals surface area (Å²) in [4.78, 5) is 12.7. The summed E-state index contributed by atoms with van der Waals surface area (Å²) < 4.78 is 5.32. The van der Waals surface area contributed by atoms with E-state index in [0.29, 0.717) is 19.4 Å². The number of carbonyl (C=O) groups is 1. The van der Waals surface area contributed by atoms with E-state index in [1.165, 1.54) is 0 Å². The van der Waals surface area contributed by atoms with Gasteiger partial charge >= 0.3 is 5.97 Å². The predicted octanol–water partition coefficient (Wildman–Crippen LogP) is 3.58. The van der Waals surface area contributed by atoms with Gasteiger partial charge in [0.25, 0.3) is 0 Å². The number of carbonyl (C=O) groups excluding carboxylic acids is 1. The van der Waals surface area contributed by atoms with Crippen molar-refractivity contribution in [2.75, 3.05) is 6.61 Å². The van der Waals surface area contributed by atoms with Crippen LogP contribution in [0.2, 0.25) is 0 Å². The van der Waals surface area contributed by atoms with Gasteiger partial charge in [-0.15, -0.1) is 0 Å². The number of benzene rings is 2. The van der Waals surface area contributed by atoms with Crippen LogP contribution in [0.5, 0.6) is 0 Å². The van der Waals surface area contributed by atoms with Crippen molar-refractivity contribution in [3.8, 4) is 0 Å². The second-order valence-electron chi connectivity index (χ2n) is 6.02. The maximum Gasteiger partial charge on any atom is 0.319 e. The van der Waals surface area contributed by atoms with Gasteiger partial charge in [-0.2, -0.15) is 0 Å². The Hall–Kier alpha value is -1.87. The minimum atomic E-state index is -0.918. The number of ether oxygens (including phenoxy) is 1. The number of hydrogen-bond donors (Lipinski definition) is 1. The lowest BCUT2D eigenvalue weighted by molar-refractivity contribution is -0.157. The van der Waals surface area contributed by atoms with Gasteiger partial charge in [0.05, 0.1) is 12.7 Å². The van der Waals surface area contributed by atoms with Crippen LogP contribution in [0.15, 0.2) is 42.5 Å². The van der Waals surface area contributed by atoms with Gasteiger partial charge in [0, 0.05) is 0 Å². The summed E-state index contributed by atoms with van der Waals surface area (Å²) in [6.07, 6.45) is 2.50. The van der Waals surface area contributed by atoms with Crippen molar-refractivity contribution in [1.29, 1.82) is 0 Å². The molecule has 0 aliphatic heterocycles. The van der Waals surface area contributed by atoms with Crippen molar-refractivity contribution in [2.45, 2.75) is 44.1 Å². The number of hydrogen-bond acceptors (Lipinski definition) is 3. The van der Waals surface area contributed by atoms with Crippen molar-refractivity contribution < 1.29 is 14.6 Å². The Morgan fingerprint density at radius 1 is 1.23 bits per heavy atom. The van der Waals surface area contributed by atoms with E-state index >= 15 is 0 Å². The molecule has 3 heteroatoms. The standard InChI is InChI=1S/C19H22O3/c1-2-22-18(21)19(12-6-5-9-17(19)20)16-11-10-14-7-3-4-8-15(14)13-16/h3-4,7-8,10-11,13,17,20H,2,5-6,9,12H2,1H3. The number of aliphatic hydroxyl groups is 1. The molecule has 0 heterocycles. The van der Waals surface area contributed by atoms with Crippen LogP contribution in [0.25, 0.3) is 10.8 Å². The molecule has 0 radical (unpaired) electrons. The molecule has 1 aliphatic carbocycles. The maximum absolute atomic E-state index is 12.7. The van der Waals surface area contributed by atoms with Crippen LogP contribution in [-0.2, 0) is 14.9 Å². The summed E-state index contributed by atoms with van der Waals surface area (Å²) in [6, 6.07) is 14.1. The van der Waals surface area contributed by atoms with E-state index in [4.69, 9.17) is 4.74 Å². The van der Waals surface area contributed by atoms with Crippen molar-refractivity contribution in [1.82, 2.24) is 0 Å². The lowest BCUT2D eigenvalue weighted by Gasteiger charge is -2.39. The van der Waals surface area contributed by atoms with Gasteiger partial charge in [-0.25, -0.2) is 0 Å². The summed E-state index contributed by atoms with van der Waals surface area (Å²) in [5.74, 6) is -0.294. The van der Waals surface area contributed by atoms with E-state index < -0.39 is 11.5 Å². The van der Waals surface area contributed by atoms with E-state index in [2.05, 4.69) is 0 Å². The van der Waals surface area contributed by atoms with Gasteiger partial charge in [0.1, 0.15) is 5.41 Å². The Kier molecular flexibility index (Phi) is 4.16. The molecule has 0 amide bonds. The van der Waals surface area contributed by atoms with Crippen molar-refractivity contribution in [3.63, 3.8) is 0 Å². The largest absolute Gasteiger partial charge is 0.465 e. The van der Waals surface area contributed by atoms with Gasteiger partial charge in [-0.05, 0) is 42.2 Å². The van der Waals surface area contributed by atoms with E-state index in [1.54, 1.807) is 6.92 Å². The minimum absolute atomic E-state index is 0.294. The molecule has 2 aromatic carbocycles. The molecular weight excluding hydrogens is 276 g/mol. The molecule has 22 heavy (non-hydrogen) atoms. The van der Waals surface area contributed by atoms with Gasteiger partial charge in [-0.1, -0.05) is 49.2 Å². The maximum atomic E-state index is 12.7. The molecule has 2 atom stereocenters. The highest BCUT2D eigenvalue weighted by molar-refractivity contribution is 5.88. The smallest absolute Gasteiger partial charge is 0.319 e. The summed E-state index contributed by atoms with van der Waals surface area (Å²) in [6.45, 7) is 2.14. The Labute approximate surface area is 130 Å². The molecule has 2 aromatic rings.